The minimum atomic E-state index is -0.147. The van der Waals surface area contributed by atoms with E-state index in [4.69, 9.17) is 4.52 Å². The molecule has 1 aromatic rings. The van der Waals surface area contributed by atoms with Crippen LogP contribution in [0.1, 0.15) is 80.2 Å². The quantitative estimate of drug-likeness (QED) is 0.811. The Bertz CT molecular complexity index is 447. The maximum atomic E-state index is 11.4. The summed E-state index contributed by atoms with van der Waals surface area (Å²) in [5.41, 5.74) is 2.63. The van der Waals surface area contributed by atoms with Gasteiger partial charge in [0, 0.05) is 17.4 Å². The van der Waals surface area contributed by atoms with Gasteiger partial charge in [0.05, 0.1) is 5.69 Å². The molecule has 1 heterocycles. The summed E-state index contributed by atoms with van der Waals surface area (Å²) < 4.78 is 5.48. The zero-order valence-electron chi connectivity index (χ0n) is 10.8. The Hall–Kier alpha value is -0.830. The zero-order chi connectivity index (χ0) is 12.2. The Kier molecular flexibility index (Phi) is 2.35. The molecule has 0 N–H and O–H groups in total. The summed E-state index contributed by atoms with van der Waals surface area (Å²) in [6.07, 6.45) is 10.3. The van der Waals surface area contributed by atoms with Gasteiger partial charge in [0.2, 0.25) is 0 Å². The molecular formula is C15H20NO2. The zero-order valence-corrected chi connectivity index (χ0v) is 10.8. The molecular weight excluding hydrogens is 226 g/mol. The Morgan fingerprint density at radius 3 is 2.33 bits per heavy atom. The van der Waals surface area contributed by atoms with Crippen molar-refractivity contribution in [3.63, 3.8) is 0 Å². The lowest BCUT2D eigenvalue weighted by Gasteiger charge is -2.27. The molecule has 3 aliphatic carbocycles. The van der Waals surface area contributed by atoms with Crippen molar-refractivity contribution in [2.45, 2.75) is 69.8 Å². The third-order valence-electron chi connectivity index (χ3n) is 5.33. The number of hydrogen-bond donors (Lipinski definition) is 0. The van der Waals surface area contributed by atoms with Crippen LogP contribution in [-0.4, -0.2) is 5.16 Å². The topological polar surface area (TPSA) is 45.9 Å². The highest BCUT2D eigenvalue weighted by Crippen LogP contribution is 2.58. The van der Waals surface area contributed by atoms with Crippen LogP contribution in [0, 0.1) is 5.41 Å². The van der Waals surface area contributed by atoms with E-state index in [2.05, 4.69) is 5.16 Å². The molecule has 0 aromatic carbocycles. The lowest BCUT2D eigenvalue weighted by Crippen LogP contribution is -2.15. The minimum absolute atomic E-state index is 0.147. The fraction of sp³-hybridized carbons (Fsp3) is 0.800. The predicted molar refractivity (Wildman–Crippen MR) is 65.7 cm³/mol. The Labute approximate surface area is 108 Å². The fourth-order valence-corrected chi connectivity index (χ4v) is 3.65. The molecule has 3 nitrogen and oxygen atoms in total. The summed E-state index contributed by atoms with van der Waals surface area (Å²) in [6, 6.07) is 0. The van der Waals surface area contributed by atoms with Crippen molar-refractivity contribution in [2.75, 3.05) is 0 Å². The largest absolute Gasteiger partial charge is 0.360 e. The summed E-state index contributed by atoms with van der Waals surface area (Å²) in [6.45, 7) is -0.147. The maximum Gasteiger partial charge on any atom is 0.145 e. The molecule has 0 aliphatic heterocycles. The van der Waals surface area contributed by atoms with E-state index in [1.54, 1.807) is 0 Å². The van der Waals surface area contributed by atoms with Crippen LogP contribution in [-0.2, 0) is 11.7 Å². The van der Waals surface area contributed by atoms with Crippen LogP contribution in [0.25, 0.3) is 0 Å². The predicted octanol–water partition coefficient (Wildman–Crippen LogP) is 3.92. The number of rotatable bonds is 3. The molecule has 4 rings (SSSR count). The van der Waals surface area contributed by atoms with Crippen LogP contribution in [0.5, 0.6) is 0 Å². The van der Waals surface area contributed by atoms with Crippen molar-refractivity contribution in [1.82, 2.24) is 5.16 Å². The fourth-order valence-electron chi connectivity index (χ4n) is 3.65. The molecule has 0 amide bonds. The third-order valence-corrected chi connectivity index (χ3v) is 5.33. The van der Waals surface area contributed by atoms with E-state index in [1.165, 1.54) is 51.4 Å². The van der Waals surface area contributed by atoms with Crippen LogP contribution in [0.4, 0.5) is 0 Å². The molecule has 97 valence electrons. The summed E-state index contributed by atoms with van der Waals surface area (Å²) >= 11 is 0. The highest BCUT2D eigenvalue weighted by molar-refractivity contribution is 5.30. The highest BCUT2D eigenvalue weighted by Gasteiger charge is 2.46. The van der Waals surface area contributed by atoms with Gasteiger partial charge in [-0.25, -0.2) is 5.11 Å². The van der Waals surface area contributed by atoms with Crippen molar-refractivity contribution in [2.24, 2.45) is 5.41 Å². The summed E-state index contributed by atoms with van der Waals surface area (Å²) in [5, 5.41) is 15.7. The normalized spacial score (nSPS) is 26.7. The first-order valence-electron chi connectivity index (χ1n) is 7.38. The summed E-state index contributed by atoms with van der Waals surface area (Å²) in [5.74, 6) is 1.93. The van der Waals surface area contributed by atoms with Gasteiger partial charge in [0.15, 0.2) is 0 Å². The smallest absolute Gasteiger partial charge is 0.145 e. The molecule has 1 spiro atoms. The Balaban J connectivity index is 1.56. The SMILES string of the molecule is [O]Cc1c(C2CCC3(CC2)CC3)noc1C1CC1. The molecule has 18 heavy (non-hydrogen) atoms. The highest BCUT2D eigenvalue weighted by atomic mass is 16.5. The van der Waals surface area contributed by atoms with Gasteiger partial charge in [-0.2, -0.15) is 0 Å². The van der Waals surface area contributed by atoms with E-state index < -0.39 is 0 Å². The van der Waals surface area contributed by atoms with Gasteiger partial charge in [-0.05, 0) is 56.8 Å². The molecule has 3 fully saturated rings. The van der Waals surface area contributed by atoms with Gasteiger partial charge < -0.3 is 4.52 Å². The van der Waals surface area contributed by atoms with E-state index in [0.29, 0.717) is 17.3 Å². The molecule has 0 saturated heterocycles. The van der Waals surface area contributed by atoms with Crippen LogP contribution in [0.15, 0.2) is 4.52 Å². The first-order chi connectivity index (χ1) is 8.81. The van der Waals surface area contributed by atoms with Crippen molar-refractivity contribution in [3.8, 4) is 0 Å². The van der Waals surface area contributed by atoms with Crippen molar-refractivity contribution in [3.05, 3.63) is 17.0 Å². The maximum absolute atomic E-state index is 11.4. The standard InChI is InChI=1S/C15H20NO2/c17-9-12-13(16-18-14(12)11-1-2-11)10-3-5-15(6-4-10)7-8-15/h10-11H,1-9H2. The third kappa shape index (κ3) is 1.71. The minimum Gasteiger partial charge on any atom is -0.360 e. The van der Waals surface area contributed by atoms with Crippen LogP contribution in [0.2, 0.25) is 0 Å². The van der Waals surface area contributed by atoms with E-state index >= 15 is 0 Å². The summed E-state index contributed by atoms with van der Waals surface area (Å²) in [4.78, 5) is 0. The number of hydrogen-bond acceptors (Lipinski definition) is 2. The second kappa shape index (κ2) is 3.83. The lowest BCUT2D eigenvalue weighted by atomic mass is 9.77. The summed E-state index contributed by atoms with van der Waals surface area (Å²) in [7, 11) is 0. The second-order valence-corrected chi connectivity index (χ2v) is 6.60. The van der Waals surface area contributed by atoms with Crippen molar-refractivity contribution in [1.29, 1.82) is 0 Å². The first-order valence-corrected chi connectivity index (χ1v) is 7.38. The molecule has 3 heteroatoms. The monoisotopic (exact) mass is 246 g/mol. The molecule has 3 aliphatic rings. The van der Waals surface area contributed by atoms with Gasteiger partial charge in [-0.15, -0.1) is 0 Å². The first kappa shape index (κ1) is 11.0. The van der Waals surface area contributed by atoms with Crippen LogP contribution in [0.3, 0.4) is 0 Å². The molecule has 1 aromatic heterocycles. The Morgan fingerprint density at radius 1 is 1.06 bits per heavy atom. The number of nitrogens with zero attached hydrogens (tertiary/aromatic N) is 1. The van der Waals surface area contributed by atoms with Crippen molar-refractivity contribution >= 4 is 0 Å². The average molecular weight is 246 g/mol. The van der Waals surface area contributed by atoms with Crippen LogP contribution < -0.4 is 0 Å². The average Bonchev–Trinajstić information content (AvgIpc) is 3.32. The van der Waals surface area contributed by atoms with Gasteiger partial charge in [0.1, 0.15) is 12.4 Å². The van der Waals surface area contributed by atoms with E-state index in [9.17, 15) is 5.11 Å². The van der Waals surface area contributed by atoms with Gasteiger partial charge in [0.25, 0.3) is 0 Å². The van der Waals surface area contributed by atoms with E-state index in [-0.39, 0.29) is 6.61 Å². The van der Waals surface area contributed by atoms with E-state index in [1.807, 2.05) is 0 Å². The van der Waals surface area contributed by atoms with E-state index in [0.717, 1.165) is 17.0 Å². The van der Waals surface area contributed by atoms with Crippen molar-refractivity contribution < 1.29 is 9.63 Å². The van der Waals surface area contributed by atoms with Crippen LogP contribution >= 0.6 is 0 Å². The Morgan fingerprint density at radius 2 is 1.78 bits per heavy atom. The molecule has 0 unspecified atom stereocenters. The van der Waals surface area contributed by atoms with Gasteiger partial charge in [-0.1, -0.05) is 5.16 Å². The molecule has 0 atom stereocenters. The second-order valence-electron chi connectivity index (χ2n) is 6.60. The molecule has 3 saturated carbocycles. The molecule has 0 bridgehead atoms. The number of aromatic nitrogens is 1. The van der Waals surface area contributed by atoms with Gasteiger partial charge >= 0.3 is 0 Å². The van der Waals surface area contributed by atoms with Gasteiger partial charge in [-0.3, -0.25) is 0 Å². The lowest BCUT2D eigenvalue weighted by molar-refractivity contribution is 0.174. The molecule has 1 radical (unpaired) electrons.